The van der Waals surface area contributed by atoms with Crippen LogP contribution >= 0.6 is 0 Å². The van der Waals surface area contributed by atoms with Gasteiger partial charge in [0.25, 0.3) is 5.91 Å². The molecule has 0 saturated carbocycles. The molecule has 4 rings (SSSR count). The number of hydrogen-bond acceptors (Lipinski definition) is 4. The predicted molar refractivity (Wildman–Crippen MR) is 120 cm³/mol. The van der Waals surface area contributed by atoms with Crippen LogP contribution in [0.1, 0.15) is 45.5 Å². The van der Waals surface area contributed by atoms with E-state index in [-0.39, 0.29) is 30.8 Å². The number of rotatable bonds is 5. The van der Waals surface area contributed by atoms with Crippen molar-refractivity contribution in [1.29, 1.82) is 0 Å². The fraction of sp³-hybridized carbons (Fsp3) is 0.250. The van der Waals surface area contributed by atoms with E-state index in [1.807, 2.05) is 31.2 Å². The zero-order chi connectivity index (χ0) is 22.8. The first-order valence-corrected chi connectivity index (χ1v) is 10.4. The lowest BCUT2D eigenvalue weighted by atomic mass is 10.0. The molecule has 1 saturated heterocycles. The minimum atomic E-state index is -0.645. The van der Waals surface area contributed by atoms with Crippen LogP contribution in [0.5, 0.6) is 0 Å². The Morgan fingerprint density at radius 1 is 1.25 bits per heavy atom. The molecular formula is C24H24N4O4. The van der Waals surface area contributed by atoms with E-state index >= 15 is 0 Å². The van der Waals surface area contributed by atoms with Crippen LogP contribution in [-0.2, 0) is 22.7 Å². The van der Waals surface area contributed by atoms with Crippen molar-refractivity contribution in [3.8, 4) is 0 Å². The average molecular weight is 432 g/mol. The maximum atomic E-state index is 12.8. The Kier molecular flexibility index (Phi) is 5.77. The zero-order valence-electron chi connectivity index (χ0n) is 17.7. The van der Waals surface area contributed by atoms with E-state index in [1.54, 1.807) is 18.2 Å². The van der Waals surface area contributed by atoms with Gasteiger partial charge < -0.3 is 15.5 Å². The number of carbonyl (C=O) groups is 4. The highest BCUT2D eigenvalue weighted by Crippen LogP contribution is 2.28. The van der Waals surface area contributed by atoms with Crippen LogP contribution in [-0.4, -0.2) is 34.7 Å². The predicted octanol–water partition coefficient (Wildman–Crippen LogP) is 2.72. The molecule has 8 nitrogen and oxygen atoms in total. The highest BCUT2D eigenvalue weighted by molar-refractivity contribution is 6.05. The van der Waals surface area contributed by atoms with Gasteiger partial charge in [-0.3, -0.25) is 19.7 Å². The molecule has 0 bridgehead atoms. The Labute approximate surface area is 185 Å². The number of urea groups is 1. The van der Waals surface area contributed by atoms with Crippen LogP contribution in [0, 0.1) is 6.92 Å². The summed E-state index contributed by atoms with van der Waals surface area (Å²) in [5, 5.41) is 7.99. The van der Waals surface area contributed by atoms with Crippen LogP contribution in [0.2, 0.25) is 0 Å². The Morgan fingerprint density at radius 2 is 2.06 bits per heavy atom. The maximum Gasteiger partial charge on any atom is 0.319 e. The van der Waals surface area contributed by atoms with Gasteiger partial charge in [-0.25, -0.2) is 4.79 Å². The van der Waals surface area contributed by atoms with Crippen molar-refractivity contribution in [2.75, 3.05) is 5.32 Å². The number of piperidine rings is 1. The molecule has 0 spiro atoms. The zero-order valence-corrected chi connectivity index (χ0v) is 17.7. The van der Waals surface area contributed by atoms with Gasteiger partial charge in [0.05, 0.1) is 5.69 Å². The fourth-order valence-electron chi connectivity index (χ4n) is 4.11. The van der Waals surface area contributed by atoms with Crippen molar-refractivity contribution in [3.63, 3.8) is 0 Å². The Hall–Kier alpha value is -3.94. The summed E-state index contributed by atoms with van der Waals surface area (Å²) >= 11 is 0. The lowest BCUT2D eigenvalue weighted by molar-refractivity contribution is -0.136. The lowest BCUT2D eigenvalue weighted by Crippen LogP contribution is -2.52. The van der Waals surface area contributed by atoms with Crippen molar-refractivity contribution in [2.24, 2.45) is 0 Å². The largest absolute Gasteiger partial charge is 0.334 e. The van der Waals surface area contributed by atoms with Gasteiger partial charge in [-0.05, 0) is 41.7 Å². The summed E-state index contributed by atoms with van der Waals surface area (Å²) < 4.78 is 0. The maximum absolute atomic E-state index is 12.8. The summed E-state index contributed by atoms with van der Waals surface area (Å²) in [5.41, 5.74) is 4.66. The Balaban J connectivity index is 1.40. The van der Waals surface area contributed by atoms with Crippen LogP contribution in [0.25, 0.3) is 6.08 Å². The average Bonchev–Trinajstić information content (AvgIpc) is 3.09. The van der Waals surface area contributed by atoms with E-state index in [9.17, 15) is 19.2 Å². The molecular weight excluding hydrogens is 408 g/mol. The molecule has 0 aliphatic carbocycles. The minimum absolute atomic E-state index is 0.218. The van der Waals surface area contributed by atoms with E-state index in [4.69, 9.17) is 0 Å². The number of fused-ring (bicyclic) bond motifs is 1. The number of imide groups is 1. The van der Waals surface area contributed by atoms with Gasteiger partial charge in [-0.15, -0.1) is 0 Å². The first kappa shape index (κ1) is 21.3. The summed E-state index contributed by atoms with van der Waals surface area (Å²) in [6.45, 7) is 6.26. The fourth-order valence-corrected chi connectivity index (χ4v) is 4.11. The summed E-state index contributed by atoms with van der Waals surface area (Å²) in [5.74, 6) is -0.965. The van der Waals surface area contributed by atoms with Crippen molar-refractivity contribution >= 4 is 35.5 Å². The quantitative estimate of drug-likeness (QED) is 0.632. The third-order valence-electron chi connectivity index (χ3n) is 5.80. The van der Waals surface area contributed by atoms with Crippen LogP contribution in [0.4, 0.5) is 10.5 Å². The normalized spacial score (nSPS) is 17.6. The number of amides is 5. The molecule has 2 aliphatic rings. The third-order valence-corrected chi connectivity index (χ3v) is 5.80. The summed E-state index contributed by atoms with van der Waals surface area (Å²) in [6.07, 6.45) is 2.23. The number of hydrogen-bond donors (Lipinski definition) is 3. The standard InChI is InChI=1S/C24H24N4O4/c1-3-16-6-4-5-14(2)21(16)27-24(32)25-12-15-7-8-18-17(11-15)13-28(23(18)31)19-9-10-20(29)26-22(19)30/h3-8,11,19H,1,9-10,12-13H2,2H3,(H2,25,27,32)(H,26,29,30). The smallest absolute Gasteiger partial charge is 0.319 e. The minimum Gasteiger partial charge on any atom is -0.334 e. The Morgan fingerprint density at radius 3 is 2.81 bits per heavy atom. The topological polar surface area (TPSA) is 108 Å². The molecule has 8 heteroatoms. The Bertz CT molecular complexity index is 1140. The number of benzene rings is 2. The molecule has 32 heavy (non-hydrogen) atoms. The number of nitrogens with one attached hydrogen (secondary N) is 3. The molecule has 2 aliphatic heterocycles. The molecule has 164 valence electrons. The van der Waals surface area contributed by atoms with Gasteiger partial charge in [-0.2, -0.15) is 0 Å². The molecule has 2 heterocycles. The molecule has 3 N–H and O–H groups in total. The van der Waals surface area contributed by atoms with Crippen molar-refractivity contribution in [2.45, 2.75) is 38.9 Å². The SMILES string of the molecule is C=Cc1cccc(C)c1NC(=O)NCc1ccc2c(c1)CN(C1CCC(=O)NC1=O)C2=O. The highest BCUT2D eigenvalue weighted by atomic mass is 16.2. The number of nitrogens with zero attached hydrogens (tertiary/aromatic N) is 1. The van der Waals surface area contributed by atoms with Crippen LogP contribution in [0.15, 0.2) is 43.0 Å². The second-order valence-corrected chi connectivity index (χ2v) is 7.94. The van der Waals surface area contributed by atoms with E-state index in [2.05, 4.69) is 22.5 Å². The van der Waals surface area contributed by atoms with Gasteiger partial charge in [0.1, 0.15) is 6.04 Å². The van der Waals surface area contributed by atoms with E-state index < -0.39 is 11.9 Å². The van der Waals surface area contributed by atoms with Crippen molar-refractivity contribution in [3.05, 3.63) is 70.8 Å². The monoisotopic (exact) mass is 432 g/mol. The van der Waals surface area contributed by atoms with Crippen molar-refractivity contribution < 1.29 is 19.2 Å². The highest BCUT2D eigenvalue weighted by Gasteiger charge is 2.39. The van der Waals surface area contributed by atoms with Gasteiger partial charge in [0.2, 0.25) is 11.8 Å². The third kappa shape index (κ3) is 4.12. The number of aryl methyl sites for hydroxylation is 1. The first-order chi connectivity index (χ1) is 15.4. The summed E-state index contributed by atoms with van der Waals surface area (Å²) in [4.78, 5) is 50.3. The molecule has 0 radical (unpaired) electrons. The number of para-hydroxylation sites is 1. The second-order valence-electron chi connectivity index (χ2n) is 7.94. The molecule has 2 aromatic carbocycles. The number of anilines is 1. The molecule has 2 aromatic rings. The van der Waals surface area contributed by atoms with Gasteiger partial charge >= 0.3 is 6.03 Å². The van der Waals surface area contributed by atoms with Crippen LogP contribution in [0.3, 0.4) is 0 Å². The van der Waals surface area contributed by atoms with Gasteiger partial charge in [0.15, 0.2) is 0 Å². The second kappa shape index (κ2) is 8.66. The van der Waals surface area contributed by atoms with Crippen molar-refractivity contribution in [1.82, 2.24) is 15.5 Å². The van der Waals surface area contributed by atoms with E-state index in [1.165, 1.54) is 4.90 Å². The molecule has 0 aromatic heterocycles. The van der Waals surface area contributed by atoms with Gasteiger partial charge in [0, 0.05) is 25.1 Å². The van der Waals surface area contributed by atoms with E-state index in [0.717, 1.165) is 22.3 Å². The summed E-state index contributed by atoms with van der Waals surface area (Å²) in [6, 6.07) is 10.1. The molecule has 5 amide bonds. The first-order valence-electron chi connectivity index (χ1n) is 10.4. The summed E-state index contributed by atoms with van der Waals surface area (Å²) in [7, 11) is 0. The lowest BCUT2D eigenvalue weighted by Gasteiger charge is -2.29. The van der Waals surface area contributed by atoms with E-state index in [0.29, 0.717) is 24.2 Å². The molecule has 1 fully saturated rings. The van der Waals surface area contributed by atoms with Gasteiger partial charge in [-0.1, -0.05) is 43.0 Å². The molecule has 1 atom stereocenters. The molecule has 1 unspecified atom stereocenters. The van der Waals surface area contributed by atoms with Crippen LogP contribution < -0.4 is 16.0 Å². The number of carbonyl (C=O) groups excluding carboxylic acids is 4.